The van der Waals surface area contributed by atoms with Gasteiger partial charge in [0.05, 0.1) is 34.1 Å². The van der Waals surface area contributed by atoms with Gasteiger partial charge in [-0.25, -0.2) is 4.21 Å². The van der Waals surface area contributed by atoms with E-state index in [1.165, 1.54) is 33.8 Å². The van der Waals surface area contributed by atoms with E-state index < -0.39 is 21.7 Å². The normalized spacial score (nSPS) is 29.4. The second kappa shape index (κ2) is 13.4. The average Bonchev–Trinajstić information content (AvgIpc) is 3.43. The smallest absolute Gasteiger partial charge is 0.286 e. The van der Waals surface area contributed by atoms with E-state index in [1.54, 1.807) is 20.2 Å². The fourth-order valence-electron chi connectivity index (χ4n) is 7.48. The Hall–Kier alpha value is -3.61. The molecule has 3 aliphatic heterocycles. The molecule has 1 aromatic heterocycles. The highest BCUT2D eigenvalue weighted by Gasteiger charge is 2.45. The number of nitrogens with one attached hydrogen (secondary N) is 1. The van der Waals surface area contributed by atoms with Crippen molar-refractivity contribution in [2.24, 2.45) is 23.2 Å². The lowest BCUT2D eigenvalue weighted by Gasteiger charge is -2.45. The average molecular weight is 690 g/mol. The predicted octanol–water partition coefficient (Wildman–Crippen LogP) is 5.46. The lowest BCUT2D eigenvalue weighted by Crippen LogP contribution is -2.48. The van der Waals surface area contributed by atoms with Crippen LogP contribution in [-0.2, 0) is 32.9 Å². The number of anilines is 1. The van der Waals surface area contributed by atoms with Crippen LogP contribution in [-0.4, -0.2) is 70.2 Å². The van der Waals surface area contributed by atoms with E-state index in [0.717, 1.165) is 43.8 Å². The number of thioether (sulfide) groups is 1. The number of aromatic nitrogens is 2. The van der Waals surface area contributed by atoms with E-state index in [0.29, 0.717) is 42.6 Å². The van der Waals surface area contributed by atoms with Crippen molar-refractivity contribution in [2.75, 3.05) is 43.2 Å². The van der Waals surface area contributed by atoms with Crippen LogP contribution in [0.5, 0.6) is 5.75 Å². The molecule has 1 saturated carbocycles. The maximum atomic E-state index is 14.2. The quantitative estimate of drug-likeness (QED) is 0.361. The Labute approximate surface area is 287 Å². The molecule has 4 aliphatic rings. The molecule has 0 radical (unpaired) electrons. The molecule has 7 rings (SSSR count). The molecule has 4 heterocycles. The van der Waals surface area contributed by atoms with Crippen molar-refractivity contribution in [3.63, 3.8) is 0 Å². The van der Waals surface area contributed by atoms with Crippen LogP contribution in [0.25, 0.3) is 0 Å². The number of nitrogens with zero attached hydrogens (tertiary/aromatic N) is 4. The number of fused-ring (bicyclic) bond motifs is 4. The van der Waals surface area contributed by atoms with E-state index in [-0.39, 0.29) is 22.2 Å². The molecule has 1 aliphatic carbocycles. The lowest BCUT2D eigenvalue weighted by atomic mass is 9.70. The third-order valence-electron chi connectivity index (χ3n) is 10.1. The summed E-state index contributed by atoms with van der Waals surface area (Å²) >= 11 is 1.96. The van der Waals surface area contributed by atoms with Crippen LogP contribution in [0, 0.1) is 18.8 Å². The van der Waals surface area contributed by atoms with E-state index >= 15 is 0 Å². The van der Waals surface area contributed by atoms with Crippen LogP contribution in [0.15, 0.2) is 65.3 Å². The maximum absolute atomic E-state index is 14.2. The molecule has 0 unspecified atom stereocenters. The summed E-state index contributed by atoms with van der Waals surface area (Å²) in [6, 6.07) is 12.1. The van der Waals surface area contributed by atoms with Gasteiger partial charge < -0.3 is 14.4 Å². The number of allylic oxidation sites excluding steroid dienone is 1. The minimum absolute atomic E-state index is 0.0254. The first-order valence-corrected chi connectivity index (χ1v) is 19.4. The number of carbonyl (C=O) groups excluding carboxylic acids is 2. The SMILES string of the molecule is CO[C@H]1/C=C/CCC[S@@](=O)(NC(=O)c2cnn(C)c2)=NC(=O)c2ccc3c(c2)N(C[C@@H]2CC[C@H]21)C[C@]1(CO3)SCCc2cc(C)ccc21. The number of hydrogen-bond acceptors (Lipinski definition) is 8. The van der Waals surface area contributed by atoms with Crippen molar-refractivity contribution in [2.45, 2.75) is 49.9 Å². The zero-order valence-corrected chi connectivity index (χ0v) is 29.4. The van der Waals surface area contributed by atoms with E-state index in [9.17, 15) is 13.8 Å². The van der Waals surface area contributed by atoms with Gasteiger partial charge in [-0.15, -0.1) is 16.1 Å². The zero-order chi connectivity index (χ0) is 33.5. The largest absolute Gasteiger partial charge is 0.490 e. The molecule has 2 aromatic carbocycles. The highest BCUT2D eigenvalue weighted by Crippen LogP contribution is 2.49. The third kappa shape index (κ3) is 6.54. The Morgan fingerprint density at radius 3 is 2.85 bits per heavy atom. The summed E-state index contributed by atoms with van der Waals surface area (Å²) in [5.41, 5.74) is 5.35. The van der Waals surface area contributed by atoms with Crippen molar-refractivity contribution < 1.29 is 23.3 Å². The topological polar surface area (TPSA) is 115 Å². The second-order valence-electron chi connectivity index (χ2n) is 13.5. The van der Waals surface area contributed by atoms with Gasteiger partial charge in [-0.3, -0.25) is 19.0 Å². The van der Waals surface area contributed by atoms with Crippen LogP contribution >= 0.6 is 11.8 Å². The van der Waals surface area contributed by atoms with Crippen molar-refractivity contribution >= 4 is 39.2 Å². The van der Waals surface area contributed by atoms with Gasteiger partial charge >= 0.3 is 0 Å². The Kier molecular flexibility index (Phi) is 9.16. The number of ether oxygens (including phenoxy) is 2. The van der Waals surface area contributed by atoms with Crippen LogP contribution in [0.1, 0.15) is 63.1 Å². The standard InChI is InChI=1S/C36H43N5O5S2/c1-24-8-12-30-25(17-24)14-15-47-36(30)22-41-21-27-9-11-29(27)32(45-3)7-5-4-6-16-48(44,39-35(43)28-19-37-40(2)20-28)38-34(42)26-10-13-33(46-23-36)31(41)18-26/h5,7-8,10,12-13,17-20,27,29,32H,4,6,9,11,14-16,21-23H2,1-3H3,(H,38,39,42,43,44)/b7-5+/t27-,29+,32-,36+,48-/m0/s1. The minimum atomic E-state index is -3.46. The van der Waals surface area contributed by atoms with Crippen molar-refractivity contribution in [1.82, 2.24) is 14.5 Å². The van der Waals surface area contributed by atoms with Crippen molar-refractivity contribution in [3.05, 3.63) is 88.8 Å². The van der Waals surface area contributed by atoms with Crippen molar-refractivity contribution in [1.29, 1.82) is 0 Å². The van der Waals surface area contributed by atoms with Gasteiger partial charge in [-0.2, -0.15) is 5.10 Å². The van der Waals surface area contributed by atoms with Gasteiger partial charge in [0, 0.05) is 39.0 Å². The molecule has 1 N–H and O–H groups in total. The molecule has 10 nitrogen and oxygen atoms in total. The number of hydrogen-bond donors (Lipinski definition) is 1. The summed E-state index contributed by atoms with van der Waals surface area (Å²) in [6.07, 6.45) is 11.4. The molecule has 2 amide bonds. The first-order chi connectivity index (χ1) is 23.1. The third-order valence-corrected chi connectivity index (χ3v) is 13.4. The number of rotatable bonds is 3. The lowest BCUT2D eigenvalue weighted by molar-refractivity contribution is 0.0134. The summed E-state index contributed by atoms with van der Waals surface area (Å²) in [5, 5.41) is 4.05. The molecular weight excluding hydrogens is 647 g/mol. The highest BCUT2D eigenvalue weighted by molar-refractivity contribution is 8.00. The number of methoxy groups -OCH3 is 1. The monoisotopic (exact) mass is 689 g/mol. The molecule has 2 bridgehead atoms. The second-order valence-corrected chi connectivity index (χ2v) is 17.0. The van der Waals surface area contributed by atoms with Gasteiger partial charge in [0.25, 0.3) is 11.8 Å². The molecule has 1 spiro atoms. The fraction of sp³-hybridized carbons (Fsp3) is 0.472. The summed E-state index contributed by atoms with van der Waals surface area (Å²) in [4.78, 5) is 29.3. The van der Waals surface area contributed by atoms with Gasteiger partial charge in [0.15, 0.2) is 0 Å². The minimum Gasteiger partial charge on any atom is -0.490 e. The summed E-state index contributed by atoms with van der Waals surface area (Å²) in [7, 11) is 0.00581. The van der Waals surface area contributed by atoms with E-state index in [4.69, 9.17) is 9.47 Å². The summed E-state index contributed by atoms with van der Waals surface area (Å²) in [6.45, 7) is 4.18. The van der Waals surface area contributed by atoms with Gasteiger partial charge in [-0.1, -0.05) is 35.9 Å². The van der Waals surface area contributed by atoms with E-state index in [1.807, 2.05) is 23.9 Å². The highest BCUT2D eigenvalue weighted by atomic mass is 32.2. The molecule has 1 fully saturated rings. The van der Waals surface area contributed by atoms with Crippen molar-refractivity contribution in [3.8, 4) is 5.75 Å². The van der Waals surface area contributed by atoms with Gasteiger partial charge in [0.2, 0.25) is 0 Å². The van der Waals surface area contributed by atoms with E-state index in [2.05, 4.69) is 56.4 Å². The van der Waals surface area contributed by atoms with Gasteiger partial charge in [-0.05, 0) is 85.9 Å². The molecule has 3 aromatic rings. The Bertz CT molecular complexity index is 1880. The molecule has 12 heteroatoms. The van der Waals surface area contributed by atoms with Gasteiger partial charge in [0.1, 0.15) is 22.3 Å². The maximum Gasteiger partial charge on any atom is 0.286 e. The number of benzene rings is 2. The molecule has 5 atom stereocenters. The van der Waals surface area contributed by atoms with Crippen LogP contribution in [0.4, 0.5) is 5.69 Å². The van der Waals surface area contributed by atoms with Crippen LogP contribution in [0.2, 0.25) is 0 Å². The fourth-order valence-corrected chi connectivity index (χ4v) is 10.5. The molecule has 254 valence electrons. The Morgan fingerprint density at radius 1 is 1.21 bits per heavy atom. The number of aryl methyl sites for hydroxylation is 3. The zero-order valence-electron chi connectivity index (χ0n) is 27.7. The number of amides is 2. The Balaban J connectivity index is 1.29. The van der Waals surface area contributed by atoms with Crippen LogP contribution in [0.3, 0.4) is 0 Å². The van der Waals surface area contributed by atoms with Crippen LogP contribution < -0.4 is 14.4 Å². The number of carbonyl (C=O) groups is 2. The summed E-state index contributed by atoms with van der Waals surface area (Å²) in [5.74, 6) is 1.30. The Morgan fingerprint density at radius 2 is 2.08 bits per heavy atom. The molecule has 48 heavy (non-hydrogen) atoms. The summed E-state index contributed by atoms with van der Waals surface area (Å²) < 4.78 is 34.9. The first-order valence-electron chi connectivity index (χ1n) is 16.7. The molecule has 0 saturated heterocycles. The first kappa shape index (κ1) is 32.9. The molecular formula is C36H43N5O5S2. The predicted molar refractivity (Wildman–Crippen MR) is 189 cm³/mol.